The van der Waals surface area contributed by atoms with Crippen LogP contribution >= 0.6 is 0 Å². The van der Waals surface area contributed by atoms with E-state index in [-0.39, 0.29) is 12.5 Å². The molecule has 2 heterocycles. The van der Waals surface area contributed by atoms with E-state index in [2.05, 4.69) is 28.6 Å². The quantitative estimate of drug-likeness (QED) is 0.728. The molecule has 1 aliphatic heterocycles. The maximum atomic E-state index is 12.5. The van der Waals surface area contributed by atoms with Gasteiger partial charge in [0.2, 0.25) is 5.91 Å². The Labute approximate surface area is 149 Å². The van der Waals surface area contributed by atoms with Crippen LogP contribution in [0.4, 0.5) is 0 Å². The second-order valence-electron chi connectivity index (χ2n) is 6.53. The lowest BCUT2D eigenvalue weighted by Gasteiger charge is -2.34. The standard InChI is InChI=1S/C20H27N3O2/c1-2-19-21-11-13-23(19)18-9-6-12-22(15-18)20(24)16-25-14-10-17-7-4-3-5-8-17/h3-5,7-8,11,13,18H,2,6,9-10,12,14-16H2,1H3. The molecular formula is C20H27N3O2. The number of carbonyl (C=O) groups is 1. The minimum Gasteiger partial charge on any atom is -0.371 e. The monoisotopic (exact) mass is 341 g/mol. The smallest absolute Gasteiger partial charge is 0.248 e. The Hall–Kier alpha value is -2.14. The van der Waals surface area contributed by atoms with Crippen molar-refractivity contribution in [3.05, 3.63) is 54.1 Å². The lowest BCUT2D eigenvalue weighted by molar-refractivity contribution is -0.137. The molecule has 5 nitrogen and oxygen atoms in total. The van der Waals surface area contributed by atoms with Gasteiger partial charge in [-0.05, 0) is 24.8 Å². The highest BCUT2D eigenvalue weighted by Crippen LogP contribution is 2.23. The number of ether oxygens (including phenoxy) is 1. The molecule has 1 amide bonds. The summed E-state index contributed by atoms with van der Waals surface area (Å²) in [5.41, 5.74) is 1.24. The lowest BCUT2D eigenvalue weighted by Crippen LogP contribution is -2.42. The topological polar surface area (TPSA) is 47.4 Å². The lowest BCUT2D eigenvalue weighted by atomic mass is 10.1. The van der Waals surface area contributed by atoms with Crippen molar-refractivity contribution in [2.24, 2.45) is 0 Å². The summed E-state index contributed by atoms with van der Waals surface area (Å²) in [5.74, 6) is 1.19. The average molecular weight is 341 g/mol. The van der Waals surface area contributed by atoms with E-state index in [1.54, 1.807) is 0 Å². The predicted molar refractivity (Wildman–Crippen MR) is 97.4 cm³/mol. The summed E-state index contributed by atoms with van der Waals surface area (Å²) in [7, 11) is 0. The van der Waals surface area contributed by atoms with E-state index in [0.717, 1.165) is 44.6 Å². The molecule has 0 aliphatic carbocycles. The number of piperidine rings is 1. The predicted octanol–water partition coefficient (Wildman–Crippen LogP) is 2.87. The first-order valence-corrected chi connectivity index (χ1v) is 9.19. The van der Waals surface area contributed by atoms with Crippen molar-refractivity contribution in [2.75, 3.05) is 26.3 Å². The van der Waals surface area contributed by atoms with Gasteiger partial charge < -0.3 is 14.2 Å². The largest absolute Gasteiger partial charge is 0.371 e. The van der Waals surface area contributed by atoms with Gasteiger partial charge in [0.1, 0.15) is 12.4 Å². The second kappa shape index (κ2) is 8.81. The number of aryl methyl sites for hydroxylation is 1. The van der Waals surface area contributed by atoms with Gasteiger partial charge >= 0.3 is 0 Å². The molecule has 5 heteroatoms. The Morgan fingerprint density at radius 1 is 1.32 bits per heavy atom. The molecule has 1 atom stereocenters. The van der Waals surface area contributed by atoms with Crippen LogP contribution in [0.25, 0.3) is 0 Å². The first-order chi connectivity index (χ1) is 12.3. The van der Waals surface area contributed by atoms with Gasteiger partial charge in [0, 0.05) is 31.9 Å². The Morgan fingerprint density at radius 2 is 2.16 bits per heavy atom. The van der Waals surface area contributed by atoms with Crippen molar-refractivity contribution in [3.8, 4) is 0 Å². The average Bonchev–Trinajstić information content (AvgIpc) is 3.15. The maximum Gasteiger partial charge on any atom is 0.248 e. The Kier molecular flexibility index (Phi) is 6.23. The van der Waals surface area contributed by atoms with Crippen LogP contribution in [-0.4, -0.2) is 46.7 Å². The zero-order valence-corrected chi connectivity index (χ0v) is 14.9. The van der Waals surface area contributed by atoms with Crippen molar-refractivity contribution >= 4 is 5.91 Å². The molecule has 1 fully saturated rings. The highest BCUT2D eigenvalue weighted by atomic mass is 16.5. The van der Waals surface area contributed by atoms with Crippen molar-refractivity contribution in [3.63, 3.8) is 0 Å². The zero-order chi connectivity index (χ0) is 17.5. The van der Waals surface area contributed by atoms with Crippen LogP contribution in [0.15, 0.2) is 42.7 Å². The number of hydrogen-bond acceptors (Lipinski definition) is 3. The van der Waals surface area contributed by atoms with Crippen LogP contribution in [0, 0.1) is 0 Å². The van der Waals surface area contributed by atoms with Gasteiger partial charge in [-0.1, -0.05) is 37.3 Å². The summed E-state index contributed by atoms with van der Waals surface area (Å²) in [5, 5.41) is 0. The van der Waals surface area contributed by atoms with Gasteiger partial charge in [-0.15, -0.1) is 0 Å². The minimum atomic E-state index is 0.0934. The third-order valence-electron chi connectivity index (χ3n) is 4.81. The number of aromatic nitrogens is 2. The van der Waals surface area contributed by atoms with Crippen LogP contribution in [-0.2, 0) is 22.4 Å². The van der Waals surface area contributed by atoms with Crippen molar-refractivity contribution in [2.45, 2.75) is 38.6 Å². The first-order valence-electron chi connectivity index (χ1n) is 9.19. The van der Waals surface area contributed by atoms with E-state index in [1.807, 2.05) is 35.5 Å². The summed E-state index contributed by atoms with van der Waals surface area (Å²) in [6.45, 7) is 4.45. The van der Waals surface area contributed by atoms with Gasteiger partial charge in [0.25, 0.3) is 0 Å². The van der Waals surface area contributed by atoms with E-state index >= 15 is 0 Å². The van der Waals surface area contributed by atoms with Gasteiger partial charge in [-0.25, -0.2) is 4.98 Å². The summed E-state index contributed by atoms with van der Waals surface area (Å²) >= 11 is 0. The molecule has 1 aliphatic rings. The summed E-state index contributed by atoms with van der Waals surface area (Å²) < 4.78 is 7.84. The van der Waals surface area contributed by atoms with Crippen molar-refractivity contribution < 1.29 is 9.53 Å². The molecule has 0 spiro atoms. The van der Waals surface area contributed by atoms with Crippen molar-refractivity contribution in [1.82, 2.24) is 14.5 Å². The van der Waals surface area contributed by atoms with Gasteiger partial charge in [0.05, 0.1) is 12.6 Å². The fourth-order valence-electron chi connectivity index (χ4n) is 3.44. The number of rotatable bonds is 7. The maximum absolute atomic E-state index is 12.5. The molecule has 0 saturated carbocycles. The molecule has 1 aromatic carbocycles. The zero-order valence-electron chi connectivity index (χ0n) is 14.9. The van der Waals surface area contributed by atoms with Gasteiger partial charge in [-0.2, -0.15) is 0 Å². The number of hydrogen-bond donors (Lipinski definition) is 0. The van der Waals surface area contributed by atoms with E-state index in [9.17, 15) is 4.79 Å². The third kappa shape index (κ3) is 4.69. The number of imidazole rings is 1. The van der Waals surface area contributed by atoms with Crippen LogP contribution in [0.2, 0.25) is 0 Å². The second-order valence-corrected chi connectivity index (χ2v) is 6.53. The highest BCUT2D eigenvalue weighted by molar-refractivity contribution is 5.77. The molecule has 0 radical (unpaired) electrons. The first kappa shape index (κ1) is 17.7. The SMILES string of the molecule is CCc1nccn1C1CCCN(C(=O)COCCc2ccccc2)C1. The Balaban J connectivity index is 1.45. The van der Waals surface area contributed by atoms with E-state index in [1.165, 1.54) is 5.56 Å². The summed E-state index contributed by atoms with van der Waals surface area (Å²) in [6, 6.07) is 10.5. The van der Waals surface area contributed by atoms with Gasteiger partial charge in [0.15, 0.2) is 0 Å². The van der Waals surface area contributed by atoms with E-state index in [4.69, 9.17) is 4.74 Å². The van der Waals surface area contributed by atoms with Crippen LogP contribution in [0.1, 0.15) is 37.2 Å². The number of carbonyl (C=O) groups excluding carboxylic acids is 1. The number of nitrogens with zero attached hydrogens (tertiary/aromatic N) is 3. The Morgan fingerprint density at radius 3 is 2.96 bits per heavy atom. The molecular weight excluding hydrogens is 314 g/mol. The molecule has 0 bridgehead atoms. The van der Waals surface area contributed by atoms with Crippen LogP contribution in [0.3, 0.4) is 0 Å². The molecule has 1 aromatic heterocycles. The van der Waals surface area contributed by atoms with Crippen LogP contribution < -0.4 is 0 Å². The number of benzene rings is 1. The molecule has 1 saturated heterocycles. The van der Waals surface area contributed by atoms with Crippen molar-refractivity contribution in [1.29, 1.82) is 0 Å². The van der Waals surface area contributed by atoms with Crippen LogP contribution in [0.5, 0.6) is 0 Å². The summed E-state index contributed by atoms with van der Waals surface area (Å²) in [4.78, 5) is 18.8. The fraction of sp³-hybridized carbons (Fsp3) is 0.500. The molecule has 3 rings (SSSR count). The fourth-order valence-corrected chi connectivity index (χ4v) is 3.44. The number of amides is 1. The molecule has 134 valence electrons. The third-order valence-corrected chi connectivity index (χ3v) is 4.81. The summed E-state index contributed by atoms with van der Waals surface area (Å²) in [6.07, 6.45) is 7.77. The Bertz CT molecular complexity index is 669. The highest BCUT2D eigenvalue weighted by Gasteiger charge is 2.25. The molecule has 0 N–H and O–H groups in total. The molecule has 25 heavy (non-hydrogen) atoms. The minimum absolute atomic E-state index is 0.0934. The van der Waals surface area contributed by atoms with Gasteiger partial charge in [-0.3, -0.25) is 4.79 Å². The normalized spacial score (nSPS) is 17.6. The molecule has 1 unspecified atom stereocenters. The molecule has 2 aromatic rings. The van der Waals surface area contributed by atoms with E-state index in [0.29, 0.717) is 12.6 Å². The van der Waals surface area contributed by atoms with E-state index < -0.39 is 0 Å². The number of likely N-dealkylation sites (tertiary alicyclic amines) is 1.